The van der Waals surface area contributed by atoms with E-state index in [0.717, 1.165) is 18.0 Å². The molecule has 1 aliphatic rings. The van der Waals surface area contributed by atoms with Crippen LogP contribution in [0.4, 0.5) is 5.95 Å². The molecule has 1 atom stereocenters. The molecule has 0 bridgehead atoms. The Morgan fingerprint density at radius 2 is 2.26 bits per heavy atom. The Hall–Kier alpha value is -1.44. The molecule has 0 aromatic carbocycles. The first-order valence-corrected chi connectivity index (χ1v) is 7.15. The summed E-state index contributed by atoms with van der Waals surface area (Å²) < 4.78 is 10.6. The van der Waals surface area contributed by atoms with Crippen molar-refractivity contribution < 1.29 is 9.26 Å². The fourth-order valence-corrected chi connectivity index (χ4v) is 2.74. The number of hydrogen-bond acceptors (Lipinski definition) is 7. The summed E-state index contributed by atoms with van der Waals surface area (Å²) in [5, 5.41) is 6.02. The molecule has 1 unspecified atom stereocenters. The van der Waals surface area contributed by atoms with Gasteiger partial charge in [-0.15, -0.1) is 11.3 Å². The summed E-state index contributed by atoms with van der Waals surface area (Å²) in [6.45, 7) is 3.02. The topological polar surface area (TPSA) is 77.4 Å². The molecular weight excluding hydrogens is 264 g/mol. The number of hydrogen-bond donors (Lipinski definition) is 1. The second kappa shape index (κ2) is 5.68. The van der Waals surface area contributed by atoms with Crippen LogP contribution in [0.15, 0.2) is 22.0 Å². The Labute approximate surface area is 115 Å². The SMILES string of the molecule is NC(Cc1nc(N2CCOCC2)no1)c1cccs1. The minimum Gasteiger partial charge on any atom is -0.378 e. The zero-order valence-corrected chi connectivity index (χ0v) is 11.3. The van der Waals surface area contributed by atoms with Gasteiger partial charge >= 0.3 is 0 Å². The molecule has 2 aromatic rings. The van der Waals surface area contributed by atoms with Gasteiger partial charge in [0.25, 0.3) is 5.95 Å². The van der Waals surface area contributed by atoms with Gasteiger partial charge in [0.05, 0.1) is 13.2 Å². The summed E-state index contributed by atoms with van der Waals surface area (Å²) in [6, 6.07) is 3.93. The van der Waals surface area contributed by atoms with E-state index in [1.54, 1.807) is 11.3 Å². The number of morpholine rings is 1. The van der Waals surface area contributed by atoms with Crippen LogP contribution < -0.4 is 10.6 Å². The van der Waals surface area contributed by atoms with Crippen LogP contribution in [0, 0.1) is 0 Å². The highest BCUT2D eigenvalue weighted by molar-refractivity contribution is 7.10. The number of nitrogens with zero attached hydrogens (tertiary/aromatic N) is 3. The van der Waals surface area contributed by atoms with Gasteiger partial charge in [0.1, 0.15) is 0 Å². The van der Waals surface area contributed by atoms with Gasteiger partial charge in [-0.05, 0) is 16.6 Å². The third-order valence-electron chi connectivity index (χ3n) is 3.05. The summed E-state index contributed by atoms with van der Waals surface area (Å²) >= 11 is 1.64. The molecule has 19 heavy (non-hydrogen) atoms. The van der Waals surface area contributed by atoms with Crippen molar-refractivity contribution in [1.82, 2.24) is 10.1 Å². The van der Waals surface area contributed by atoms with Crippen molar-refractivity contribution in [3.8, 4) is 0 Å². The van der Waals surface area contributed by atoms with Gasteiger partial charge in [0.15, 0.2) is 0 Å². The molecule has 6 nitrogen and oxygen atoms in total. The average molecular weight is 280 g/mol. The van der Waals surface area contributed by atoms with E-state index >= 15 is 0 Å². The van der Waals surface area contributed by atoms with Crippen LogP contribution in [0.25, 0.3) is 0 Å². The number of rotatable bonds is 4. The number of nitrogens with two attached hydrogens (primary N) is 1. The average Bonchev–Trinajstić information content (AvgIpc) is 3.11. The van der Waals surface area contributed by atoms with Crippen LogP contribution in [0.5, 0.6) is 0 Å². The van der Waals surface area contributed by atoms with E-state index in [-0.39, 0.29) is 6.04 Å². The molecular formula is C12H16N4O2S. The van der Waals surface area contributed by atoms with E-state index in [2.05, 4.69) is 15.0 Å². The van der Waals surface area contributed by atoms with Crippen LogP contribution in [-0.4, -0.2) is 36.4 Å². The second-order valence-corrected chi connectivity index (χ2v) is 5.39. The predicted octanol–water partition coefficient (Wildman–Crippen LogP) is 1.21. The molecule has 7 heteroatoms. The minimum absolute atomic E-state index is 0.0852. The first-order chi connectivity index (χ1) is 9.33. The van der Waals surface area contributed by atoms with Crippen molar-refractivity contribution in [2.45, 2.75) is 12.5 Å². The third kappa shape index (κ3) is 2.94. The van der Waals surface area contributed by atoms with Gasteiger partial charge in [0, 0.05) is 30.4 Å². The van der Waals surface area contributed by atoms with Gasteiger partial charge in [-0.2, -0.15) is 4.98 Å². The first kappa shape index (κ1) is 12.6. The molecule has 3 heterocycles. The quantitative estimate of drug-likeness (QED) is 0.907. The molecule has 0 amide bonds. The summed E-state index contributed by atoms with van der Waals surface area (Å²) in [6.07, 6.45) is 0.567. The number of ether oxygens (including phenoxy) is 1. The summed E-state index contributed by atoms with van der Waals surface area (Å²) in [5.74, 6) is 1.22. The van der Waals surface area contributed by atoms with Gasteiger partial charge < -0.3 is 19.9 Å². The second-order valence-electron chi connectivity index (χ2n) is 4.41. The molecule has 1 aliphatic heterocycles. The molecule has 0 aliphatic carbocycles. The van der Waals surface area contributed by atoms with E-state index in [9.17, 15) is 0 Å². The third-order valence-corrected chi connectivity index (χ3v) is 4.06. The molecule has 0 radical (unpaired) electrons. The molecule has 102 valence electrons. The lowest BCUT2D eigenvalue weighted by molar-refractivity contribution is 0.121. The molecule has 2 aromatic heterocycles. The number of aromatic nitrogens is 2. The largest absolute Gasteiger partial charge is 0.378 e. The lowest BCUT2D eigenvalue weighted by Crippen LogP contribution is -2.36. The Bertz CT molecular complexity index is 508. The predicted molar refractivity (Wildman–Crippen MR) is 72.3 cm³/mol. The maximum Gasteiger partial charge on any atom is 0.266 e. The zero-order chi connectivity index (χ0) is 13.1. The van der Waals surface area contributed by atoms with E-state index in [1.165, 1.54) is 0 Å². The number of anilines is 1. The summed E-state index contributed by atoms with van der Waals surface area (Å²) in [7, 11) is 0. The molecule has 0 saturated carbocycles. The van der Waals surface area contributed by atoms with E-state index in [4.69, 9.17) is 15.0 Å². The molecule has 1 saturated heterocycles. The minimum atomic E-state index is -0.0852. The fraction of sp³-hybridized carbons (Fsp3) is 0.500. The van der Waals surface area contributed by atoms with Crippen molar-refractivity contribution in [2.75, 3.05) is 31.2 Å². The van der Waals surface area contributed by atoms with Gasteiger partial charge in [0.2, 0.25) is 5.89 Å². The van der Waals surface area contributed by atoms with E-state index in [1.807, 2.05) is 17.5 Å². The van der Waals surface area contributed by atoms with Crippen LogP contribution >= 0.6 is 11.3 Å². The normalized spacial score (nSPS) is 17.6. The highest BCUT2D eigenvalue weighted by Crippen LogP contribution is 2.21. The zero-order valence-electron chi connectivity index (χ0n) is 10.5. The molecule has 2 N–H and O–H groups in total. The summed E-state index contributed by atoms with van der Waals surface area (Å²) in [4.78, 5) is 7.59. The van der Waals surface area contributed by atoms with Crippen LogP contribution in [-0.2, 0) is 11.2 Å². The van der Waals surface area contributed by atoms with E-state index in [0.29, 0.717) is 31.5 Å². The van der Waals surface area contributed by atoms with Crippen molar-refractivity contribution in [1.29, 1.82) is 0 Å². The Kier molecular flexibility index (Phi) is 3.77. The van der Waals surface area contributed by atoms with Crippen molar-refractivity contribution >= 4 is 17.3 Å². The molecule has 3 rings (SSSR count). The Balaban J connectivity index is 1.64. The maximum absolute atomic E-state index is 6.11. The highest BCUT2D eigenvalue weighted by atomic mass is 32.1. The van der Waals surface area contributed by atoms with Crippen LogP contribution in [0.3, 0.4) is 0 Å². The van der Waals surface area contributed by atoms with Crippen molar-refractivity contribution in [3.63, 3.8) is 0 Å². The fourth-order valence-electron chi connectivity index (χ4n) is 2.01. The summed E-state index contributed by atoms with van der Waals surface area (Å²) in [5.41, 5.74) is 6.11. The van der Waals surface area contributed by atoms with Crippen LogP contribution in [0.1, 0.15) is 16.8 Å². The van der Waals surface area contributed by atoms with Crippen molar-refractivity contribution in [3.05, 3.63) is 28.3 Å². The van der Waals surface area contributed by atoms with Gasteiger partial charge in [-0.25, -0.2) is 0 Å². The monoisotopic (exact) mass is 280 g/mol. The standard InChI is InChI=1S/C12H16N4O2S/c13-9(10-2-1-7-19-10)8-11-14-12(15-18-11)16-3-5-17-6-4-16/h1-2,7,9H,3-6,8,13H2. The number of thiophene rings is 1. The molecule has 1 fully saturated rings. The molecule has 0 spiro atoms. The first-order valence-electron chi connectivity index (χ1n) is 6.27. The van der Waals surface area contributed by atoms with Gasteiger partial charge in [-0.1, -0.05) is 6.07 Å². The maximum atomic E-state index is 6.11. The lowest BCUT2D eigenvalue weighted by Gasteiger charge is -2.24. The van der Waals surface area contributed by atoms with E-state index < -0.39 is 0 Å². The van der Waals surface area contributed by atoms with Crippen LogP contribution in [0.2, 0.25) is 0 Å². The Morgan fingerprint density at radius 1 is 1.42 bits per heavy atom. The lowest BCUT2D eigenvalue weighted by atomic mass is 10.2. The van der Waals surface area contributed by atoms with Gasteiger partial charge in [-0.3, -0.25) is 0 Å². The Morgan fingerprint density at radius 3 is 3.00 bits per heavy atom. The van der Waals surface area contributed by atoms with Crippen molar-refractivity contribution in [2.24, 2.45) is 5.73 Å². The highest BCUT2D eigenvalue weighted by Gasteiger charge is 2.18. The smallest absolute Gasteiger partial charge is 0.266 e.